The highest BCUT2D eigenvalue weighted by Gasteiger charge is 2.42. The summed E-state index contributed by atoms with van der Waals surface area (Å²) in [6.45, 7) is 10.3. The summed E-state index contributed by atoms with van der Waals surface area (Å²) in [5, 5.41) is 0. The molecule has 1 aliphatic carbocycles. The van der Waals surface area contributed by atoms with Crippen molar-refractivity contribution in [1.82, 2.24) is 4.57 Å². The van der Waals surface area contributed by atoms with Crippen molar-refractivity contribution in [2.24, 2.45) is 0 Å². The van der Waals surface area contributed by atoms with E-state index in [1.807, 2.05) is 45.0 Å². The van der Waals surface area contributed by atoms with Crippen molar-refractivity contribution in [2.75, 3.05) is 0 Å². The van der Waals surface area contributed by atoms with Crippen molar-refractivity contribution < 1.29 is 4.79 Å². The lowest BCUT2D eigenvalue weighted by Gasteiger charge is -2.20. The lowest BCUT2D eigenvalue weighted by Crippen LogP contribution is -2.34. The Hall–Kier alpha value is -1.94. The SMILES string of the molecule is C=c1sc(=C2C(=O)c3ccccc3C2(C)C)n(CC)c1=O. The first kappa shape index (κ1) is 14.0. The van der Waals surface area contributed by atoms with E-state index in [1.54, 1.807) is 4.57 Å². The highest BCUT2D eigenvalue weighted by Crippen LogP contribution is 2.42. The van der Waals surface area contributed by atoms with Gasteiger partial charge in [0.25, 0.3) is 5.56 Å². The molecule has 1 heterocycles. The second-order valence-electron chi connectivity index (χ2n) is 5.75. The average Bonchev–Trinajstić information content (AvgIpc) is 2.83. The Labute approximate surface area is 126 Å². The molecule has 0 unspecified atom stereocenters. The van der Waals surface area contributed by atoms with Crippen molar-refractivity contribution in [1.29, 1.82) is 0 Å². The standard InChI is InChI=1S/C17H17NO2S/c1-5-18-15(20)10(2)21-16(18)13-14(19)11-8-6-7-9-12(11)17(13,3)4/h6-9H,2,5H2,1,3-4H3. The number of hydrogen-bond acceptors (Lipinski definition) is 3. The van der Waals surface area contributed by atoms with Gasteiger partial charge in [-0.3, -0.25) is 14.2 Å². The van der Waals surface area contributed by atoms with Gasteiger partial charge in [0.2, 0.25) is 0 Å². The molecule has 3 rings (SSSR count). The van der Waals surface area contributed by atoms with Gasteiger partial charge in [-0.25, -0.2) is 0 Å². The minimum Gasteiger partial charge on any atom is -0.299 e. The van der Waals surface area contributed by atoms with Crippen LogP contribution in [-0.4, -0.2) is 10.4 Å². The van der Waals surface area contributed by atoms with Gasteiger partial charge in [-0.2, -0.15) is 0 Å². The molecule has 0 bridgehead atoms. The van der Waals surface area contributed by atoms with Crippen molar-refractivity contribution >= 4 is 29.3 Å². The quantitative estimate of drug-likeness (QED) is 0.803. The topological polar surface area (TPSA) is 39.1 Å². The first-order valence-corrected chi connectivity index (χ1v) is 7.78. The lowest BCUT2D eigenvalue weighted by atomic mass is 9.83. The summed E-state index contributed by atoms with van der Waals surface area (Å²) in [5.74, 6) is 0.0269. The summed E-state index contributed by atoms with van der Waals surface area (Å²) in [4.78, 5) is 25.0. The predicted octanol–water partition coefficient (Wildman–Crippen LogP) is 1.66. The van der Waals surface area contributed by atoms with Crippen LogP contribution in [0.4, 0.5) is 0 Å². The van der Waals surface area contributed by atoms with Crippen LogP contribution in [-0.2, 0) is 12.0 Å². The number of aromatic nitrogens is 1. The summed E-state index contributed by atoms with van der Waals surface area (Å²) in [6.07, 6.45) is 0. The molecule has 0 fully saturated rings. The van der Waals surface area contributed by atoms with Gasteiger partial charge >= 0.3 is 0 Å². The van der Waals surface area contributed by atoms with Crippen molar-refractivity contribution in [2.45, 2.75) is 32.7 Å². The van der Waals surface area contributed by atoms with Crippen molar-refractivity contribution in [3.05, 3.63) is 54.9 Å². The van der Waals surface area contributed by atoms with Crippen LogP contribution in [0.2, 0.25) is 0 Å². The average molecular weight is 299 g/mol. The third-order valence-corrected chi connectivity index (χ3v) is 5.21. The van der Waals surface area contributed by atoms with E-state index < -0.39 is 5.41 Å². The van der Waals surface area contributed by atoms with Crippen LogP contribution in [0, 0.1) is 0 Å². The summed E-state index contributed by atoms with van der Waals surface area (Å²) >= 11 is 1.32. The van der Waals surface area contributed by atoms with Crippen LogP contribution in [0.5, 0.6) is 0 Å². The van der Waals surface area contributed by atoms with E-state index in [9.17, 15) is 9.59 Å². The zero-order chi connectivity index (χ0) is 15.4. The molecule has 0 atom stereocenters. The van der Waals surface area contributed by atoms with Gasteiger partial charge in [-0.05, 0) is 12.5 Å². The van der Waals surface area contributed by atoms with E-state index in [-0.39, 0.29) is 11.3 Å². The molecule has 1 aromatic carbocycles. The molecule has 21 heavy (non-hydrogen) atoms. The fraction of sp³-hybridized carbons (Fsp3) is 0.294. The number of thiazole rings is 1. The van der Waals surface area contributed by atoms with Crippen LogP contribution >= 0.6 is 11.3 Å². The van der Waals surface area contributed by atoms with E-state index in [2.05, 4.69) is 6.58 Å². The molecule has 0 amide bonds. The van der Waals surface area contributed by atoms with Gasteiger partial charge in [0, 0.05) is 23.1 Å². The van der Waals surface area contributed by atoms with Gasteiger partial charge < -0.3 is 0 Å². The minimum atomic E-state index is -0.395. The minimum absolute atomic E-state index is 0.0269. The maximum atomic E-state index is 12.8. The molecule has 2 aromatic rings. The molecule has 0 N–H and O–H groups in total. The zero-order valence-corrected chi connectivity index (χ0v) is 13.2. The van der Waals surface area contributed by atoms with E-state index in [4.69, 9.17) is 0 Å². The number of hydrogen-bond donors (Lipinski definition) is 0. The summed E-state index contributed by atoms with van der Waals surface area (Å²) in [5.41, 5.74) is 1.99. The number of ketones is 1. The van der Waals surface area contributed by atoms with E-state index in [0.29, 0.717) is 16.7 Å². The fourth-order valence-electron chi connectivity index (χ4n) is 3.08. The Bertz CT molecular complexity index is 915. The second kappa shape index (κ2) is 4.53. The highest BCUT2D eigenvalue weighted by molar-refractivity contribution is 7.07. The van der Waals surface area contributed by atoms with E-state index >= 15 is 0 Å². The van der Waals surface area contributed by atoms with Crippen LogP contribution in [0.15, 0.2) is 29.1 Å². The Morgan fingerprint density at radius 3 is 2.52 bits per heavy atom. The normalized spacial score (nSPS) is 18.9. The maximum absolute atomic E-state index is 12.8. The molecule has 4 heteroatoms. The van der Waals surface area contributed by atoms with E-state index in [0.717, 1.165) is 15.8 Å². The van der Waals surface area contributed by atoms with Crippen molar-refractivity contribution in [3.8, 4) is 0 Å². The van der Waals surface area contributed by atoms with Gasteiger partial charge in [-0.1, -0.05) is 44.7 Å². The molecule has 0 saturated carbocycles. The van der Waals surface area contributed by atoms with E-state index in [1.165, 1.54) is 11.3 Å². The summed E-state index contributed by atoms with van der Waals surface area (Å²) in [7, 11) is 0. The molecule has 1 aliphatic rings. The van der Waals surface area contributed by atoms with Crippen LogP contribution in [0.25, 0.3) is 12.2 Å². The van der Waals surface area contributed by atoms with Crippen LogP contribution in [0.3, 0.4) is 0 Å². The van der Waals surface area contributed by atoms with Crippen LogP contribution < -0.4 is 14.8 Å². The summed E-state index contributed by atoms with van der Waals surface area (Å²) in [6, 6.07) is 7.68. The zero-order valence-electron chi connectivity index (χ0n) is 12.4. The second-order valence-corrected chi connectivity index (χ2v) is 6.84. The Morgan fingerprint density at radius 2 is 1.90 bits per heavy atom. The number of carbonyl (C=O) groups excluding carboxylic acids is 1. The number of benzene rings is 1. The monoisotopic (exact) mass is 299 g/mol. The van der Waals surface area contributed by atoms with Gasteiger partial charge in [-0.15, -0.1) is 11.3 Å². The van der Waals surface area contributed by atoms with Crippen LogP contribution in [0.1, 0.15) is 36.7 Å². The molecular formula is C17H17NO2S. The van der Waals surface area contributed by atoms with Crippen molar-refractivity contribution in [3.63, 3.8) is 0 Å². The molecule has 0 saturated heterocycles. The third-order valence-electron chi connectivity index (χ3n) is 4.18. The van der Waals surface area contributed by atoms with Gasteiger partial charge in [0.15, 0.2) is 5.78 Å². The van der Waals surface area contributed by atoms with Gasteiger partial charge in [0.1, 0.15) is 4.66 Å². The number of nitrogens with zero attached hydrogens (tertiary/aromatic N) is 1. The van der Waals surface area contributed by atoms with Gasteiger partial charge in [0.05, 0.1) is 4.53 Å². The molecule has 0 radical (unpaired) electrons. The molecule has 3 nitrogen and oxygen atoms in total. The number of carbonyl (C=O) groups is 1. The number of Topliss-reactive ketones (excluding diaryl/α,β-unsaturated/α-hetero) is 1. The highest BCUT2D eigenvalue weighted by atomic mass is 32.1. The fourth-order valence-corrected chi connectivity index (χ4v) is 4.28. The Morgan fingerprint density at radius 1 is 1.24 bits per heavy atom. The third kappa shape index (κ3) is 1.79. The molecule has 108 valence electrons. The number of rotatable bonds is 1. The molecule has 1 aromatic heterocycles. The smallest absolute Gasteiger partial charge is 0.268 e. The molecule has 0 aliphatic heterocycles. The maximum Gasteiger partial charge on any atom is 0.268 e. The Kier molecular flexibility index (Phi) is 3.02. The number of fused-ring (bicyclic) bond motifs is 1. The molecule has 0 spiro atoms. The first-order valence-electron chi connectivity index (χ1n) is 6.97. The first-order chi connectivity index (χ1) is 9.89. The lowest BCUT2D eigenvalue weighted by molar-refractivity contribution is 0.105. The largest absolute Gasteiger partial charge is 0.299 e. The Balaban J connectivity index is 2.49. The predicted molar refractivity (Wildman–Crippen MR) is 86.2 cm³/mol. The summed E-state index contributed by atoms with van der Waals surface area (Å²) < 4.78 is 2.89. The molecular weight excluding hydrogens is 282 g/mol.